The van der Waals surface area contributed by atoms with Crippen molar-refractivity contribution in [1.82, 2.24) is 0 Å². The minimum Gasteiger partial charge on any atom is -0.0656 e. The Labute approximate surface area is 155 Å². The smallest absolute Gasteiger partial charge is 0.0398 e. The Morgan fingerprint density at radius 2 is 0.600 bits per heavy atom. The molecule has 0 N–H and O–H groups in total. The SMILES string of the molecule is CCC.Cc1ccc(C)cc1.Cc1ccccc1.Cc1ccccc1. The largest absolute Gasteiger partial charge is 0.0656 e. The van der Waals surface area contributed by atoms with E-state index in [0.717, 1.165) is 0 Å². The molecule has 3 rings (SSSR count). The van der Waals surface area contributed by atoms with E-state index in [-0.39, 0.29) is 0 Å². The maximum Gasteiger partial charge on any atom is -0.0398 e. The highest BCUT2D eigenvalue weighted by Crippen LogP contribution is 1.99. The summed E-state index contributed by atoms with van der Waals surface area (Å²) in [5.74, 6) is 0. The lowest BCUT2D eigenvalue weighted by molar-refractivity contribution is 1.09. The van der Waals surface area contributed by atoms with E-state index in [4.69, 9.17) is 0 Å². The summed E-state index contributed by atoms with van der Waals surface area (Å²) in [6.07, 6.45) is 1.25. The molecule has 0 bridgehead atoms. The number of aryl methyl sites for hydroxylation is 4. The summed E-state index contributed by atoms with van der Waals surface area (Å²) in [5.41, 5.74) is 5.30. The third kappa shape index (κ3) is 15.0. The zero-order valence-electron chi connectivity index (χ0n) is 16.8. The van der Waals surface area contributed by atoms with Crippen LogP contribution in [0.5, 0.6) is 0 Å². The van der Waals surface area contributed by atoms with Crippen molar-refractivity contribution in [2.45, 2.75) is 48.0 Å². The van der Waals surface area contributed by atoms with Crippen LogP contribution in [0.4, 0.5) is 0 Å². The standard InChI is InChI=1S/C8H10.2C7H8.C3H8/c1-7-3-5-8(2)6-4-7;2*1-7-5-3-2-4-6-7;1-3-2/h3-6H,1-2H3;2*2-6H,1H3;3H2,1-2H3. The molecule has 0 amide bonds. The monoisotopic (exact) mass is 334 g/mol. The fourth-order valence-electron chi connectivity index (χ4n) is 1.71. The van der Waals surface area contributed by atoms with Crippen LogP contribution in [0.3, 0.4) is 0 Å². The predicted molar refractivity (Wildman–Crippen MR) is 114 cm³/mol. The van der Waals surface area contributed by atoms with Gasteiger partial charge in [0.1, 0.15) is 0 Å². The lowest BCUT2D eigenvalue weighted by Crippen LogP contribution is -1.70. The molecule has 0 aliphatic rings. The maximum atomic E-state index is 2.12. The highest BCUT2D eigenvalue weighted by atomic mass is 13.9. The van der Waals surface area contributed by atoms with Crippen molar-refractivity contribution >= 4 is 0 Å². The van der Waals surface area contributed by atoms with E-state index in [1.807, 2.05) is 36.4 Å². The van der Waals surface area contributed by atoms with Crippen LogP contribution in [0.1, 0.15) is 42.5 Å². The second-order valence-corrected chi connectivity index (χ2v) is 6.17. The second kappa shape index (κ2) is 15.2. The average molecular weight is 335 g/mol. The predicted octanol–water partition coefficient (Wildman–Crippen LogP) is 7.71. The van der Waals surface area contributed by atoms with Crippen molar-refractivity contribution in [1.29, 1.82) is 0 Å². The van der Waals surface area contributed by atoms with Crippen LogP contribution in [-0.4, -0.2) is 0 Å². The summed E-state index contributed by atoms with van der Waals surface area (Å²) in [4.78, 5) is 0. The quantitative estimate of drug-likeness (QED) is 0.395. The van der Waals surface area contributed by atoms with E-state index in [1.165, 1.54) is 28.7 Å². The number of rotatable bonds is 0. The summed E-state index contributed by atoms with van der Waals surface area (Å²) in [5, 5.41) is 0. The molecule has 134 valence electrons. The van der Waals surface area contributed by atoms with Gasteiger partial charge < -0.3 is 0 Å². The second-order valence-electron chi connectivity index (χ2n) is 6.17. The number of benzene rings is 3. The van der Waals surface area contributed by atoms with Gasteiger partial charge in [0.05, 0.1) is 0 Å². The summed E-state index contributed by atoms with van der Waals surface area (Å²) >= 11 is 0. The van der Waals surface area contributed by atoms with Gasteiger partial charge in [0.25, 0.3) is 0 Å². The third-order valence-corrected chi connectivity index (χ3v) is 3.10. The van der Waals surface area contributed by atoms with Crippen LogP contribution < -0.4 is 0 Å². The van der Waals surface area contributed by atoms with Crippen molar-refractivity contribution in [2.75, 3.05) is 0 Å². The Hall–Kier alpha value is -2.34. The molecule has 0 fully saturated rings. The molecule has 0 aromatic heterocycles. The molecule has 0 nitrogen and oxygen atoms in total. The number of hydrogen-bond donors (Lipinski definition) is 0. The van der Waals surface area contributed by atoms with E-state index in [0.29, 0.717) is 0 Å². The zero-order chi connectivity index (χ0) is 18.9. The highest BCUT2D eigenvalue weighted by Gasteiger charge is 1.79. The average Bonchev–Trinajstić information content (AvgIpc) is 2.61. The van der Waals surface area contributed by atoms with Gasteiger partial charge in [0.15, 0.2) is 0 Å². The molecule has 0 aliphatic heterocycles. The summed E-state index contributed by atoms with van der Waals surface area (Å²) in [7, 11) is 0. The molecule has 0 spiro atoms. The van der Waals surface area contributed by atoms with E-state index < -0.39 is 0 Å². The lowest BCUT2D eigenvalue weighted by Gasteiger charge is -1.90. The molecule has 3 aromatic rings. The van der Waals surface area contributed by atoms with Crippen LogP contribution in [-0.2, 0) is 0 Å². The molecule has 0 radical (unpaired) electrons. The first-order chi connectivity index (χ1) is 12.0. The van der Waals surface area contributed by atoms with Gasteiger partial charge in [-0.1, -0.05) is 127 Å². The first kappa shape index (κ1) is 22.7. The van der Waals surface area contributed by atoms with Gasteiger partial charge in [0.2, 0.25) is 0 Å². The van der Waals surface area contributed by atoms with Crippen LogP contribution >= 0.6 is 0 Å². The van der Waals surface area contributed by atoms with Gasteiger partial charge in [-0.25, -0.2) is 0 Å². The zero-order valence-corrected chi connectivity index (χ0v) is 16.8. The Morgan fingerprint density at radius 1 is 0.400 bits per heavy atom. The summed E-state index contributed by atoms with van der Waals surface area (Å²) in [6.45, 7) is 12.6. The summed E-state index contributed by atoms with van der Waals surface area (Å²) in [6, 6.07) is 29.0. The fraction of sp³-hybridized carbons (Fsp3) is 0.280. The Kier molecular flexibility index (Phi) is 13.8. The van der Waals surface area contributed by atoms with Gasteiger partial charge >= 0.3 is 0 Å². The Morgan fingerprint density at radius 3 is 0.760 bits per heavy atom. The van der Waals surface area contributed by atoms with Gasteiger partial charge in [-0.15, -0.1) is 0 Å². The minimum atomic E-state index is 1.25. The van der Waals surface area contributed by atoms with E-state index in [1.54, 1.807) is 0 Å². The van der Waals surface area contributed by atoms with Crippen molar-refractivity contribution < 1.29 is 0 Å². The van der Waals surface area contributed by atoms with Crippen molar-refractivity contribution in [2.24, 2.45) is 0 Å². The molecule has 25 heavy (non-hydrogen) atoms. The van der Waals surface area contributed by atoms with Gasteiger partial charge in [0, 0.05) is 0 Å². The van der Waals surface area contributed by atoms with E-state index in [9.17, 15) is 0 Å². The van der Waals surface area contributed by atoms with Crippen LogP contribution in [0.15, 0.2) is 84.9 Å². The highest BCUT2D eigenvalue weighted by molar-refractivity contribution is 5.19. The third-order valence-electron chi connectivity index (χ3n) is 3.10. The minimum absolute atomic E-state index is 1.25. The first-order valence-corrected chi connectivity index (χ1v) is 9.06. The van der Waals surface area contributed by atoms with Crippen LogP contribution in [0.2, 0.25) is 0 Å². The van der Waals surface area contributed by atoms with Gasteiger partial charge in [-0.3, -0.25) is 0 Å². The van der Waals surface area contributed by atoms with E-state index in [2.05, 4.69) is 90.1 Å². The van der Waals surface area contributed by atoms with E-state index >= 15 is 0 Å². The summed E-state index contributed by atoms with van der Waals surface area (Å²) < 4.78 is 0. The first-order valence-electron chi connectivity index (χ1n) is 9.06. The Bertz CT molecular complexity index is 563. The Balaban J connectivity index is 0.000000321. The molecule has 0 saturated carbocycles. The topological polar surface area (TPSA) is 0 Å². The van der Waals surface area contributed by atoms with Crippen molar-refractivity contribution in [3.05, 3.63) is 107 Å². The fourth-order valence-corrected chi connectivity index (χ4v) is 1.71. The van der Waals surface area contributed by atoms with Crippen molar-refractivity contribution in [3.63, 3.8) is 0 Å². The van der Waals surface area contributed by atoms with Gasteiger partial charge in [-0.05, 0) is 27.7 Å². The number of hydrogen-bond acceptors (Lipinski definition) is 0. The molecule has 0 unspecified atom stereocenters. The molecule has 0 heterocycles. The van der Waals surface area contributed by atoms with Crippen LogP contribution in [0.25, 0.3) is 0 Å². The molecular weight excluding hydrogens is 300 g/mol. The van der Waals surface area contributed by atoms with Crippen LogP contribution in [0, 0.1) is 27.7 Å². The molecule has 3 aromatic carbocycles. The normalized spacial score (nSPS) is 8.56. The molecule has 0 heteroatoms. The maximum absolute atomic E-state index is 2.12. The molecule has 0 saturated heterocycles. The molecule has 0 atom stereocenters. The van der Waals surface area contributed by atoms with Gasteiger partial charge in [-0.2, -0.15) is 0 Å². The molecular formula is C25H34. The molecule has 0 aliphatic carbocycles. The van der Waals surface area contributed by atoms with Crippen molar-refractivity contribution in [3.8, 4) is 0 Å². The lowest BCUT2D eigenvalue weighted by atomic mass is 10.2.